The Morgan fingerprint density at radius 2 is 1.69 bits per heavy atom. The van der Waals surface area contributed by atoms with Crippen molar-refractivity contribution in [2.24, 2.45) is 5.92 Å². The zero-order chi connectivity index (χ0) is 18.6. The lowest BCUT2D eigenvalue weighted by molar-refractivity contribution is 0.425. The Labute approximate surface area is 170 Å². The van der Waals surface area contributed by atoms with Crippen molar-refractivity contribution in [1.29, 1.82) is 0 Å². The highest BCUT2D eigenvalue weighted by atomic mass is 35.5. The van der Waals surface area contributed by atoms with E-state index in [0.717, 1.165) is 17.7 Å². The van der Waals surface area contributed by atoms with E-state index in [0.29, 0.717) is 21.0 Å². The summed E-state index contributed by atoms with van der Waals surface area (Å²) in [5.74, 6) is 0.650. The summed E-state index contributed by atoms with van der Waals surface area (Å²) in [4.78, 5) is 0. The summed E-state index contributed by atoms with van der Waals surface area (Å²) < 4.78 is 0. The van der Waals surface area contributed by atoms with Crippen molar-refractivity contribution in [2.75, 3.05) is 5.32 Å². The van der Waals surface area contributed by atoms with Gasteiger partial charge in [-0.3, -0.25) is 0 Å². The first-order valence-corrected chi connectivity index (χ1v) is 10.1. The molecule has 0 radical (unpaired) electrons. The zero-order valence-electron chi connectivity index (χ0n) is 15.1. The summed E-state index contributed by atoms with van der Waals surface area (Å²) in [6.07, 6.45) is 5.51. The summed E-state index contributed by atoms with van der Waals surface area (Å²) in [5.41, 5.74) is 4.72. The van der Waals surface area contributed by atoms with Crippen LogP contribution in [0.2, 0.25) is 15.1 Å². The summed E-state index contributed by atoms with van der Waals surface area (Å²) in [6, 6.07) is 10.9. The van der Waals surface area contributed by atoms with E-state index >= 15 is 0 Å². The van der Waals surface area contributed by atoms with E-state index in [1.807, 2.05) is 0 Å². The molecule has 4 heteroatoms. The van der Waals surface area contributed by atoms with Crippen molar-refractivity contribution in [2.45, 2.75) is 44.6 Å². The molecule has 0 spiro atoms. The maximum atomic E-state index is 6.55. The molecule has 1 N–H and O–H groups in total. The maximum absolute atomic E-state index is 6.55. The van der Waals surface area contributed by atoms with E-state index in [1.54, 1.807) is 6.07 Å². The number of allylic oxidation sites excluding steroid dienone is 2. The molecule has 0 unspecified atom stereocenters. The van der Waals surface area contributed by atoms with Gasteiger partial charge < -0.3 is 5.32 Å². The van der Waals surface area contributed by atoms with Crippen LogP contribution in [0.3, 0.4) is 0 Å². The van der Waals surface area contributed by atoms with E-state index < -0.39 is 0 Å². The van der Waals surface area contributed by atoms with Gasteiger partial charge in [-0.25, -0.2) is 0 Å². The van der Waals surface area contributed by atoms with Crippen molar-refractivity contribution >= 4 is 40.5 Å². The Morgan fingerprint density at radius 3 is 2.35 bits per heavy atom. The monoisotopic (exact) mass is 405 g/mol. The van der Waals surface area contributed by atoms with Crippen molar-refractivity contribution in [3.8, 4) is 0 Å². The van der Waals surface area contributed by atoms with Gasteiger partial charge in [-0.05, 0) is 34.9 Å². The van der Waals surface area contributed by atoms with Crippen molar-refractivity contribution in [3.05, 3.63) is 74.2 Å². The summed E-state index contributed by atoms with van der Waals surface area (Å²) in [6.45, 7) is 6.71. The van der Waals surface area contributed by atoms with Crippen LogP contribution >= 0.6 is 34.8 Å². The molecule has 1 heterocycles. The Hall–Kier alpha value is -1.15. The van der Waals surface area contributed by atoms with E-state index in [2.05, 4.69) is 62.5 Å². The van der Waals surface area contributed by atoms with E-state index in [-0.39, 0.29) is 17.4 Å². The second-order valence-corrected chi connectivity index (χ2v) is 9.48. The van der Waals surface area contributed by atoms with Crippen LogP contribution < -0.4 is 5.32 Å². The Balaban J connectivity index is 1.77. The number of anilines is 1. The highest BCUT2D eigenvalue weighted by Gasteiger charge is 2.40. The average molecular weight is 407 g/mol. The average Bonchev–Trinajstić information content (AvgIpc) is 3.07. The molecule has 0 saturated heterocycles. The highest BCUT2D eigenvalue weighted by molar-refractivity contribution is 6.44. The molecule has 26 heavy (non-hydrogen) atoms. The van der Waals surface area contributed by atoms with E-state index in [9.17, 15) is 0 Å². The van der Waals surface area contributed by atoms with Crippen molar-refractivity contribution < 1.29 is 0 Å². The predicted octanol–water partition coefficient (Wildman–Crippen LogP) is 7.77. The van der Waals surface area contributed by atoms with Crippen molar-refractivity contribution in [3.63, 3.8) is 0 Å². The topological polar surface area (TPSA) is 12.0 Å². The van der Waals surface area contributed by atoms with Crippen LogP contribution in [0.4, 0.5) is 5.69 Å². The molecular weight excluding hydrogens is 385 g/mol. The lowest BCUT2D eigenvalue weighted by atomic mass is 9.76. The minimum atomic E-state index is 0.149. The first kappa shape index (κ1) is 18.2. The number of hydrogen-bond acceptors (Lipinski definition) is 1. The van der Waals surface area contributed by atoms with Crippen LogP contribution in [-0.4, -0.2) is 0 Å². The first-order valence-electron chi connectivity index (χ1n) is 8.98. The highest BCUT2D eigenvalue weighted by Crippen LogP contribution is 2.55. The second-order valence-electron chi connectivity index (χ2n) is 8.29. The minimum absolute atomic E-state index is 0.149. The zero-order valence-corrected chi connectivity index (χ0v) is 17.4. The van der Waals surface area contributed by atoms with Crippen LogP contribution in [0.5, 0.6) is 0 Å². The molecular formula is C22H22Cl3N. The third kappa shape index (κ3) is 2.95. The molecule has 0 saturated carbocycles. The SMILES string of the molecule is CC(C)(C)c1ccc([C@@H]2Nc3c(Cl)cc(Cl)c(Cl)c3[C@H]3C=CC[C@H]32)cc1. The van der Waals surface area contributed by atoms with Gasteiger partial charge >= 0.3 is 0 Å². The Kier molecular flexibility index (Phi) is 4.54. The smallest absolute Gasteiger partial charge is 0.0656 e. The summed E-state index contributed by atoms with van der Waals surface area (Å²) in [7, 11) is 0. The molecule has 0 aromatic heterocycles. The van der Waals surface area contributed by atoms with Crippen LogP contribution in [0.15, 0.2) is 42.5 Å². The number of nitrogens with one attached hydrogen (secondary N) is 1. The normalized spacial score (nSPS) is 24.2. The molecule has 136 valence electrons. The number of halogens is 3. The molecule has 0 amide bonds. The Bertz CT molecular complexity index is 878. The van der Waals surface area contributed by atoms with Gasteiger partial charge in [0.1, 0.15) is 0 Å². The minimum Gasteiger partial charge on any atom is -0.376 e. The fourth-order valence-corrected chi connectivity index (χ4v) is 4.99. The maximum Gasteiger partial charge on any atom is 0.0656 e. The largest absolute Gasteiger partial charge is 0.376 e. The first-order chi connectivity index (χ1) is 12.3. The summed E-state index contributed by atoms with van der Waals surface area (Å²) in [5, 5.41) is 5.42. The molecule has 1 nitrogen and oxygen atoms in total. The molecule has 1 aliphatic carbocycles. The molecule has 2 aromatic carbocycles. The van der Waals surface area contributed by atoms with Crippen LogP contribution in [0.1, 0.15) is 55.8 Å². The molecule has 0 fully saturated rings. The van der Waals surface area contributed by atoms with Gasteiger partial charge in [0.15, 0.2) is 0 Å². The molecule has 2 aliphatic rings. The molecule has 4 rings (SSSR count). The molecule has 1 aliphatic heterocycles. The fraction of sp³-hybridized carbons (Fsp3) is 0.364. The molecule has 0 bridgehead atoms. The lowest BCUT2D eigenvalue weighted by Gasteiger charge is -2.38. The lowest BCUT2D eigenvalue weighted by Crippen LogP contribution is -2.29. The van der Waals surface area contributed by atoms with Gasteiger partial charge in [0.05, 0.1) is 26.8 Å². The van der Waals surface area contributed by atoms with Crippen molar-refractivity contribution in [1.82, 2.24) is 0 Å². The number of benzene rings is 2. The standard InChI is InChI=1S/C22H22Cl3N/c1-22(2,3)13-9-7-12(8-10-13)20-15-6-4-5-14(15)18-19(25)16(23)11-17(24)21(18)26-20/h4-5,7-11,14-15,20,26H,6H2,1-3H3/t14-,15+,20-/m0/s1. The number of rotatable bonds is 1. The third-order valence-corrected chi connectivity index (χ3v) is 6.72. The number of fused-ring (bicyclic) bond motifs is 3. The number of hydrogen-bond donors (Lipinski definition) is 1. The van der Waals surface area contributed by atoms with Crippen LogP contribution in [-0.2, 0) is 5.41 Å². The van der Waals surface area contributed by atoms with Gasteiger partial charge in [0, 0.05) is 11.5 Å². The van der Waals surface area contributed by atoms with Gasteiger partial charge in [-0.2, -0.15) is 0 Å². The van der Waals surface area contributed by atoms with Gasteiger partial charge in [0.2, 0.25) is 0 Å². The summed E-state index contributed by atoms with van der Waals surface area (Å²) >= 11 is 19.4. The van der Waals surface area contributed by atoms with E-state index in [4.69, 9.17) is 34.8 Å². The molecule has 2 aromatic rings. The predicted molar refractivity (Wildman–Crippen MR) is 113 cm³/mol. The molecule has 3 atom stereocenters. The van der Waals surface area contributed by atoms with Gasteiger partial charge in [0.25, 0.3) is 0 Å². The van der Waals surface area contributed by atoms with Gasteiger partial charge in [-0.1, -0.05) is 92.0 Å². The second kappa shape index (κ2) is 6.48. The van der Waals surface area contributed by atoms with Crippen LogP contribution in [0.25, 0.3) is 0 Å². The van der Waals surface area contributed by atoms with Crippen LogP contribution in [0, 0.1) is 5.92 Å². The van der Waals surface area contributed by atoms with E-state index in [1.165, 1.54) is 11.1 Å². The third-order valence-electron chi connectivity index (χ3n) is 5.62. The quantitative estimate of drug-likeness (QED) is 0.376. The fourth-order valence-electron chi connectivity index (χ4n) is 4.18. The van der Waals surface area contributed by atoms with Gasteiger partial charge in [-0.15, -0.1) is 0 Å². The Morgan fingerprint density at radius 1 is 1.00 bits per heavy atom.